The van der Waals surface area contributed by atoms with E-state index in [1.807, 2.05) is 0 Å². The molecule has 0 aliphatic rings. The summed E-state index contributed by atoms with van der Waals surface area (Å²) in [6.45, 7) is 2.68. The van der Waals surface area contributed by atoms with E-state index in [1.54, 1.807) is 0 Å². The molecule has 0 aromatic heterocycles. The average Bonchev–Trinajstić information content (AvgIpc) is 2.46. The Labute approximate surface area is 116 Å². The first-order valence-electron chi connectivity index (χ1n) is 6.49. The summed E-state index contributed by atoms with van der Waals surface area (Å²) in [7, 11) is -1.68. The van der Waals surface area contributed by atoms with Crippen LogP contribution in [0.1, 0.15) is 6.42 Å². The van der Waals surface area contributed by atoms with Crippen molar-refractivity contribution in [2.24, 2.45) is 0 Å². The summed E-state index contributed by atoms with van der Waals surface area (Å²) in [6.07, 6.45) is 0.881. The summed E-state index contributed by atoms with van der Waals surface area (Å²) in [5.74, 6) is 0. The molecular weight excluding hydrogens is 250 g/mol. The fourth-order valence-corrected chi connectivity index (χ4v) is 6.13. The smallest absolute Gasteiger partial charge is 0.115 e. The van der Waals surface area contributed by atoms with E-state index in [-0.39, 0.29) is 12.8 Å². The summed E-state index contributed by atoms with van der Waals surface area (Å²) < 4.78 is 0. The highest BCUT2D eigenvalue weighted by Crippen LogP contribution is 2.13. The van der Waals surface area contributed by atoms with Crippen LogP contribution in [0, 0.1) is 0 Å². The second-order valence-electron chi connectivity index (χ2n) is 4.89. The molecule has 0 saturated carbocycles. The molecule has 2 aromatic carbocycles. The minimum Gasteiger partial charge on any atom is -0.396 e. The minimum absolute atomic E-state index is 0. The lowest BCUT2D eigenvalue weighted by molar-refractivity contribution is 0.294. The maximum absolute atomic E-state index is 9.15. The van der Waals surface area contributed by atoms with Gasteiger partial charge in [0.2, 0.25) is 0 Å². The van der Waals surface area contributed by atoms with Crippen molar-refractivity contribution < 1.29 is 5.11 Å². The highest BCUT2D eigenvalue weighted by Gasteiger charge is 2.30. The molecule has 102 valence electrons. The van der Waals surface area contributed by atoms with E-state index in [9.17, 15) is 0 Å². The van der Waals surface area contributed by atoms with Crippen molar-refractivity contribution >= 4 is 18.4 Å². The van der Waals surface area contributed by atoms with Gasteiger partial charge < -0.3 is 11.3 Å². The van der Waals surface area contributed by atoms with E-state index in [2.05, 4.69) is 67.2 Å². The molecule has 0 unspecified atom stereocenters. The van der Waals surface area contributed by atoms with Crippen LogP contribution < -0.4 is 16.5 Å². The number of aliphatic hydroxyl groups excluding tert-OH is 1. The lowest BCUT2D eigenvalue weighted by Crippen LogP contribution is -2.55. The molecule has 0 amide bonds. The molecule has 4 N–H and O–H groups in total. The number of hydrogen-bond acceptors (Lipinski definition) is 2. The van der Waals surface area contributed by atoms with Crippen molar-refractivity contribution in [2.75, 3.05) is 6.61 Å². The van der Waals surface area contributed by atoms with E-state index in [4.69, 9.17) is 5.11 Å². The second-order valence-corrected chi connectivity index (χ2v) is 9.21. The van der Waals surface area contributed by atoms with Gasteiger partial charge in [0.25, 0.3) is 0 Å². The van der Waals surface area contributed by atoms with Gasteiger partial charge in [-0.1, -0.05) is 77.6 Å². The first-order valence-corrected chi connectivity index (χ1v) is 9.20. The van der Waals surface area contributed by atoms with Gasteiger partial charge in [0.05, 0.1) is 0 Å². The van der Waals surface area contributed by atoms with Gasteiger partial charge in [0.15, 0.2) is 0 Å². The molecule has 19 heavy (non-hydrogen) atoms. The van der Waals surface area contributed by atoms with Gasteiger partial charge >= 0.3 is 0 Å². The zero-order valence-corrected chi connectivity index (χ0v) is 12.5. The Hall–Kier alpha value is -1.42. The van der Waals surface area contributed by atoms with Crippen LogP contribution in [0.5, 0.6) is 0 Å². The van der Waals surface area contributed by atoms with Crippen LogP contribution in [0.25, 0.3) is 0 Å². The van der Waals surface area contributed by atoms with E-state index in [1.165, 1.54) is 10.4 Å². The van der Waals surface area contributed by atoms with Crippen LogP contribution in [-0.2, 0) is 0 Å². The minimum atomic E-state index is -1.68. The zero-order valence-electron chi connectivity index (χ0n) is 11.5. The van der Waals surface area contributed by atoms with Gasteiger partial charge in [0.1, 0.15) is 8.07 Å². The number of aliphatic hydroxyl groups is 1. The molecule has 2 aromatic rings. The van der Waals surface area contributed by atoms with Gasteiger partial charge in [-0.25, -0.2) is 0 Å². The first-order chi connectivity index (χ1) is 8.77. The van der Waals surface area contributed by atoms with Crippen molar-refractivity contribution in [3.8, 4) is 0 Å². The van der Waals surface area contributed by atoms with Crippen molar-refractivity contribution in [3.05, 3.63) is 60.7 Å². The molecule has 0 saturated heterocycles. The van der Waals surface area contributed by atoms with Gasteiger partial charge in [0, 0.05) is 6.61 Å². The van der Waals surface area contributed by atoms with Crippen molar-refractivity contribution in [2.45, 2.75) is 19.0 Å². The molecule has 0 aliphatic carbocycles. The molecule has 3 heteroatoms. The summed E-state index contributed by atoms with van der Waals surface area (Å²) in [5, 5.41) is 12.0. The predicted octanol–water partition coefficient (Wildman–Crippen LogP) is 2.42. The van der Waals surface area contributed by atoms with E-state index < -0.39 is 8.07 Å². The van der Waals surface area contributed by atoms with Crippen LogP contribution >= 0.6 is 0 Å². The van der Waals surface area contributed by atoms with E-state index >= 15 is 0 Å². The molecule has 0 heterocycles. The Morgan fingerprint density at radius 1 is 0.842 bits per heavy atom. The molecule has 2 nitrogen and oxygen atoms in total. The average molecular weight is 273 g/mol. The van der Waals surface area contributed by atoms with Crippen molar-refractivity contribution in [1.82, 2.24) is 6.15 Å². The Bertz CT molecular complexity index is 433. The van der Waals surface area contributed by atoms with Crippen molar-refractivity contribution in [1.29, 1.82) is 0 Å². The summed E-state index contributed by atoms with van der Waals surface area (Å²) in [4.78, 5) is 0. The van der Waals surface area contributed by atoms with Crippen LogP contribution in [0.15, 0.2) is 60.7 Å². The summed E-state index contributed by atoms with van der Waals surface area (Å²) in [5.41, 5.74) is 0. The van der Waals surface area contributed by atoms with Crippen molar-refractivity contribution in [3.63, 3.8) is 0 Å². The molecule has 0 bridgehead atoms. The number of rotatable bonds is 5. The van der Waals surface area contributed by atoms with Crippen LogP contribution in [0.3, 0.4) is 0 Å². The number of hydrogen-bond donors (Lipinski definition) is 2. The molecular formula is C16H23NOSi. The SMILES string of the molecule is C[Si](CCCO)(c1ccccc1)c1ccccc1.N. The van der Waals surface area contributed by atoms with E-state index in [0.717, 1.165) is 12.5 Å². The lowest BCUT2D eigenvalue weighted by atomic mass is 10.4. The van der Waals surface area contributed by atoms with E-state index in [0.29, 0.717) is 0 Å². The summed E-state index contributed by atoms with van der Waals surface area (Å²) >= 11 is 0. The fourth-order valence-electron chi connectivity index (χ4n) is 2.50. The second kappa shape index (κ2) is 7.24. The normalized spacial score (nSPS) is 10.8. The topological polar surface area (TPSA) is 55.2 Å². The Morgan fingerprint density at radius 3 is 1.63 bits per heavy atom. The highest BCUT2D eigenvalue weighted by molar-refractivity contribution is 7.01. The number of benzene rings is 2. The Morgan fingerprint density at radius 2 is 1.26 bits per heavy atom. The molecule has 0 spiro atoms. The van der Waals surface area contributed by atoms with Gasteiger partial charge in [-0.3, -0.25) is 0 Å². The highest BCUT2D eigenvalue weighted by atomic mass is 28.3. The summed E-state index contributed by atoms with van der Waals surface area (Å²) in [6, 6.07) is 22.6. The molecule has 2 rings (SSSR count). The monoisotopic (exact) mass is 273 g/mol. The third-order valence-corrected chi connectivity index (χ3v) is 8.23. The Balaban J connectivity index is 0.00000180. The molecule has 0 fully saturated rings. The quantitative estimate of drug-likeness (QED) is 0.822. The largest absolute Gasteiger partial charge is 0.396 e. The van der Waals surface area contributed by atoms with Gasteiger partial charge in [-0.15, -0.1) is 0 Å². The van der Waals surface area contributed by atoms with Crippen LogP contribution in [0.2, 0.25) is 12.6 Å². The third kappa shape index (κ3) is 3.53. The third-order valence-electron chi connectivity index (χ3n) is 3.66. The molecule has 0 atom stereocenters. The molecule has 0 radical (unpaired) electrons. The lowest BCUT2D eigenvalue weighted by Gasteiger charge is -2.28. The van der Waals surface area contributed by atoms with Gasteiger partial charge in [-0.05, 0) is 12.5 Å². The van der Waals surface area contributed by atoms with Crippen LogP contribution in [-0.4, -0.2) is 19.8 Å². The predicted molar refractivity (Wildman–Crippen MR) is 85.3 cm³/mol. The Kier molecular flexibility index (Phi) is 5.95. The first kappa shape index (κ1) is 15.6. The van der Waals surface area contributed by atoms with Gasteiger partial charge in [-0.2, -0.15) is 0 Å². The maximum atomic E-state index is 9.15. The standard InChI is InChI=1S/C16H20OSi.H3N/c1-18(14-8-13-17,15-9-4-2-5-10-15)16-11-6-3-7-12-16;/h2-7,9-12,17H,8,13-14H2,1H3;1H3. The zero-order chi connectivity index (χ0) is 12.8. The van der Waals surface area contributed by atoms with Crippen LogP contribution in [0.4, 0.5) is 0 Å². The fraction of sp³-hybridized carbons (Fsp3) is 0.250. The maximum Gasteiger partial charge on any atom is 0.115 e. The molecule has 0 aliphatic heterocycles.